The number of ether oxygens (including phenoxy) is 2. The molecule has 0 spiro atoms. The molecule has 0 bridgehead atoms. The number of alkyl halides is 3. The number of alkyl carbamates (subject to hydrolysis) is 1. The number of hydrogen-bond donors (Lipinski definition) is 2. The average Bonchev–Trinajstić information content (AvgIpc) is 3.09. The third-order valence-corrected chi connectivity index (χ3v) is 5.30. The molecule has 3 aromatic carbocycles. The predicted molar refractivity (Wildman–Crippen MR) is 112 cm³/mol. The zero-order valence-electron chi connectivity index (χ0n) is 17.0. The van der Waals surface area contributed by atoms with Crippen LogP contribution < -0.4 is 10.1 Å². The molecule has 1 aliphatic rings. The lowest BCUT2D eigenvalue weighted by atomic mass is 9.98. The van der Waals surface area contributed by atoms with Crippen LogP contribution in [0.25, 0.3) is 11.1 Å². The molecule has 3 aromatic rings. The van der Waals surface area contributed by atoms with Gasteiger partial charge in [0.15, 0.2) is 6.04 Å². The highest BCUT2D eigenvalue weighted by atomic mass is 19.4. The first-order valence-electron chi connectivity index (χ1n) is 9.93. The van der Waals surface area contributed by atoms with Gasteiger partial charge in [-0.3, -0.25) is 0 Å². The topological polar surface area (TPSA) is 84.9 Å². The second-order valence-corrected chi connectivity index (χ2v) is 7.36. The highest BCUT2D eigenvalue weighted by Crippen LogP contribution is 2.44. The van der Waals surface area contributed by atoms with Gasteiger partial charge in [0.25, 0.3) is 0 Å². The number of halogens is 3. The van der Waals surface area contributed by atoms with Gasteiger partial charge in [-0.1, -0.05) is 60.7 Å². The third kappa shape index (κ3) is 4.92. The van der Waals surface area contributed by atoms with Crippen molar-refractivity contribution >= 4 is 12.1 Å². The lowest BCUT2D eigenvalue weighted by molar-refractivity contribution is -0.274. The normalized spacial score (nSPS) is 13.5. The van der Waals surface area contributed by atoms with E-state index in [1.165, 1.54) is 0 Å². The van der Waals surface area contributed by atoms with Crippen LogP contribution in [0.1, 0.15) is 28.7 Å². The van der Waals surface area contributed by atoms with Crippen LogP contribution in [0.4, 0.5) is 18.0 Å². The van der Waals surface area contributed by atoms with Crippen molar-refractivity contribution in [3.63, 3.8) is 0 Å². The van der Waals surface area contributed by atoms with Crippen molar-refractivity contribution < 1.29 is 37.3 Å². The van der Waals surface area contributed by atoms with Crippen molar-refractivity contribution in [1.82, 2.24) is 5.32 Å². The van der Waals surface area contributed by atoms with E-state index in [0.717, 1.165) is 46.5 Å². The molecular formula is C24H18F3NO5. The number of nitrogens with one attached hydrogen (secondary N) is 1. The summed E-state index contributed by atoms with van der Waals surface area (Å²) in [6.07, 6.45) is -5.83. The summed E-state index contributed by atoms with van der Waals surface area (Å²) >= 11 is 0. The maximum absolute atomic E-state index is 12.4. The van der Waals surface area contributed by atoms with E-state index < -0.39 is 30.2 Å². The lowest BCUT2D eigenvalue weighted by Crippen LogP contribution is -2.34. The summed E-state index contributed by atoms with van der Waals surface area (Å²) in [5.41, 5.74) is 4.16. The molecule has 1 atom stereocenters. The minimum Gasteiger partial charge on any atom is -0.479 e. The number of rotatable bonds is 6. The standard InChI is InChI=1S/C24H18F3NO5/c25-24(26,27)33-15-11-9-14(10-12-15)21(22(29)30)28-23(31)32-13-20-18-7-3-1-5-16(18)17-6-2-4-8-19(17)20/h1-12,20-21H,13H2,(H,28,31)(H,29,30). The van der Waals surface area contributed by atoms with Crippen LogP contribution in [0, 0.1) is 0 Å². The van der Waals surface area contributed by atoms with E-state index in [2.05, 4.69) is 10.1 Å². The molecule has 1 amide bonds. The molecule has 0 aliphatic heterocycles. The van der Waals surface area contributed by atoms with E-state index >= 15 is 0 Å². The summed E-state index contributed by atoms with van der Waals surface area (Å²) in [4.78, 5) is 24.1. The van der Waals surface area contributed by atoms with E-state index in [0.29, 0.717) is 0 Å². The number of hydrogen-bond acceptors (Lipinski definition) is 4. The molecule has 33 heavy (non-hydrogen) atoms. The minimum absolute atomic E-state index is 0.00937. The first-order chi connectivity index (χ1) is 15.7. The van der Waals surface area contributed by atoms with E-state index in [1.807, 2.05) is 48.5 Å². The molecule has 1 aliphatic carbocycles. The van der Waals surface area contributed by atoms with E-state index in [9.17, 15) is 27.9 Å². The molecule has 0 saturated heterocycles. The van der Waals surface area contributed by atoms with Gasteiger partial charge in [0.05, 0.1) is 0 Å². The van der Waals surface area contributed by atoms with Gasteiger partial charge in [-0.15, -0.1) is 13.2 Å². The van der Waals surface area contributed by atoms with Gasteiger partial charge in [-0.25, -0.2) is 9.59 Å². The number of carbonyl (C=O) groups excluding carboxylic acids is 1. The molecule has 0 radical (unpaired) electrons. The van der Waals surface area contributed by atoms with Crippen LogP contribution >= 0.6 is 0 Å². The summed E-state index contributed by atoms with van der Waals surface area (Å²) in [6, 6.07) is 18.2. The van der Waals surface area contributed by atoms with Crippen LogP contribution in [0.2, 0.25) is 0 Å². The van der Waals surface area contributed by atoms with Crippen molar-refractivity contribution in [2.75, 3.05) is 6.61 Å². The fourth-order valence-electron chi connectivity index (χ4n) is 3.91. The van der Waals surface area contributed by atoms with Crippen molar-refractivity contribution in [2.45, 2.75) is 18.3 Å². The van der Waals surface area contributed by atoms with Crippen LogP contribution in [-0.4, -0.2) is 30.1 Å². The summed E-state index contributed by atoms with van der Waals surface area (Å²) in [5, 5.41) is 11.7. The van der Waals surface area contributed by atoms with Crippen molar-refractivity contribution in [3.05, 3.63) is 89.5 Å². The van der Waals surface area contributed by atoms with Crippen molar-refractivity contribution in [3.8, 4) is 16.9 Å². The van der Waals surface area contributed by atoms with E-state index in [-0.39, 0.29) is 18.1 Å². The number of benzene rings is 3. The van der Waals surface area contributed by atoms with Gasteiger partial charge in [-0.05, 0) is 39.9 Å². The van der Waals surface area contributed by atoms with Gasteiger partial charge >= 0.3 is 18.4 Å². The van der Waals surface area contributed by atoms with Gasteiger partial charge in [0.1, 0.15) is 12.4 Å². The van der Waals surface area contributed by atoms with Crippen LogP contribution in [0.3, 0.4) is 0 Å². The number of fused-ring (bicyclic) bond motifs is 3. The Hall–Kier alpha value is -4.01. The quantitative estimate of drug-likeness (QED) is 0.528. The Bertz CT molecular complexity index is 1130. The molecule has 1 unspecified atom stereocenters. The Morgan fingerprint density at radius 3 is 1.97 bits per heavy atom. The highest BCUT2D eigenvalue weighted by molar-refractivity contribution is 5.82. The SMILES string of the molecule is O=C(NC(C(=O)O)c1ccc(OC(F)(F)F)cc1)OCC1c2ccccc2-c2ccccc21. The van der Waals surface area contributed by atoms with E-state index in [1.54, 1.807) is 0 Å². The molecule has 170 valence electrons. The number of carboxylic acids is 1. The number of amides is 1. The minimum atomic E-state index is -4.87. The monoisotopic (exact) mass is 457 g/mol. The summed E-state index contributed by atoms with van der Waals surface area (Å²) in [5.74, 6) is -2.10. The van der Waals surface area contributed by atoms with Crippen molar-refractivity contribution in [1.29, 1.82) is 0 Å². The molecular weight excluding hydrogens is 439 g/mol. The van der Waals surface area contributed by atoms with Crippen LogP contribution in [-0.2, 0) is 9.53 Å². The first-order valence-corrected chi connectivity index (χ1v) is 9.93. The predicted octanol–water partition coefficient (Wildman–Crippen LogP) is 5.25. The third-order valence-electron chi connectivity index (χ3n) is 5.30. The Morgan fingerprint density at radius 1 is 0.909 bits per heavy atom. The summed E-state index contributed by atoms with van der Waals surface area (Å²) in [6.45, 7) is -0.00937. The van der Waals surface area contributed by atoms with Gasteiger partial charge < -0.3 is 19.9 Å². The van der Waals surface area contributed by atoms with Gasteiger partial charge in [0.2, 0.25) is 0 Å². The zero-order chi connectivity index (χ0) is 23.6. The van der Waals surface area contributed by atoms with Crippen LogP contribution in [0.15, 0.2) is 72.8 Å². The number of carboxylic acid groups (broad SMARTS) is 1. The van der Waals surface area contributed by atoms with Crippen molar-refractivity contribution in [2.24, 2.45) is 0 Å². The fourth-order valence-corrected chi connectivity index (χ4v) is 3.91. The number of aliphatic carboxylic acids is 1. The molecule has 0 aromatic heterocycles. The Kier molecular flexibility index (Phi) is 5.95. The zero-order valence-corrected chi connectivity index (χ0v) is 17.0. The molecule has 4 rings (SSSR count). The van der Waals surface area contributed by atoms with Gasteiger partial charge in [-0.2, -0.15) is 0 Å². The summed E-state index contributed by atoms with van der Waals surface area (Å²) < 4.78 is 46.0. The maximum atomic E-state index is 12.4. The number of carbonyl (C=O) groups is 2. The lowest BCUT2D eigenvalue weighted by Gasteiger charge is -2.18. The highest BCUT2D eigenvalue weighted by Gasteiger charge is 2.32. The maximum Gasteiger partial charge on any atom is 0.573 e. The first kappa shape index (κ1) is 22.2. The largest absolute Gasteiger partial charge is 0.573 e. The summed E-state index contributed by atoms with van der Waals surface area (Å²) in [7, 11) is 0. The Morgan fingerprint density at radius 2 is 1.45 bits per heavy atom. The smallest absolute Gasteiger partial charge is 0.479 e. The fraction of sp³-hybridized carbons (Fsp3) is 0.167. The molecule has 6 nitrogen and oxygen atoms in total. The van der Waals surface area contributed by atoms with Crippen LogP contribution in [0.5, 0.6) is 5.75 Å². The van der Waals surface area contributed by atoms with Gasteiger partial charge in [0, 0.05) is 5.92 Å². The second kappa shape index (κ2) is 8.85. The molecule has 0 heterocycles. The molecule has 0 fully saturated rings. The molecule has 0 saturated carbocycles. The second-order valence-electron chi connectivity index (χ2n) is 7.36. The molecule has 9 heteroatoms. The molecule has 2 N–H and O–H groups in total. The average molecular weight is 457 g/mol. The van der Waals surface area contributed by atoms with E-state index in [4.69, 9.17) is 4.74 Å². The Balaban J connectivity index is 1.44. The Labute approximate surface area is 186 Å².